The predicted molar refractivity (Wildman–Crippen MR) is 134 cm³/mol. The third kappa shape index (κ3) is 4.42. The van der Waals surface area contributed by atoms with Crippen LogP contribution < -0.4 is 15.6 Å². The number of methoxy groups -OCH3 is 1. The van der Waals surface area contributed by atoms with Crippen LogP contribution in [0, 0.1) is 0 Å². The SMILES string of the molecule is COc1ccc(CNC(=O)CSc2nnc3n(Cc4ccccc4)c(=O)c4sccc4n23)cc1. The zero-order valence-corrected chi connectivity index (χ0v) is 19.9. The van der Waals surface area contributed by atoms with Crippen molar-refractivity contribution in [1.82, 2.24) is 24.5 Å². The lowest BCUT2D eigenvalue weighted by Gasteiger charge is -2.09. The topological polar surface area (TPSA) is 90.5 Å². The Morgan fingerprint density at radius 2 is 1.85 bits per heavy atom. The van der Waals surface area contributed by atoms with Crippen LogP contribution in [0.3, 0.4) is 0 Å². The summed E-state index contributed by atoms with van der Waals surface area (Å²) >= 11 is 2.68. The number of benzene rings is 2. The Hall–Kier alpha value is -3.63. The third-order valence-corrected chi connectivity index (χ3v) is 7.17. The lowest BCUT2D eigenvalue weighted by Crippen LogP contribution is -2.25. The van der Waals surface area contributed by atoms with Gasteiger partial charge >= 0.3 is 0 Å². The molecule has 0 aliphatic heterocycles. The van der Waals surface area contributed by atoms with Crippen LogP contribution in [0.25, 0.3) is 16.0 Å². The van der Waals surface area contributed by atoms with Crippen LogP contribution in [-0.4, -0.2) is 37.9 Å². The van der Waals surface area contributed by atoms with E-state index in [2.05, 4.69) is 15.5 Å². The Morgan fingerprint density at radius 3 is 2.62 bits per heavy atom. The van der Waals surface area contributed by atoms with Gasteiger partial charge in [0, 0.05) is 6.54 Å². The number of nitrogens with one attached hydrogen (secondary N) is 1. The van der Waals surface area contributed by atoms with Crippen LogP contribution in [-0.2, 0) is 17.9 Å². The number of carbonyl (C=O) groups excluding carboxylic acids is 1. The molecule has 0 aliphatic rings. The minimum Gasteiger partial charge on any atom is -0.497 e. The minimum atomic E-state index is -0.114. The number of fused-ring (bicyclic) bond motifs is 3. The predicted octanol–water partition coefficient (Wildman–Crippen LogP) is 3.57. The van der Waals surface area contributed by atoms with Crippen LogP contribution in [0.4, 0.5) is 0 Å². The van der Waals surface area contributed by atoms with Crippen molar-refractivity contribution in [3.05, 3.63) is 87.5 Å². The molecule has 0 spiro atoms. The zero-order valence-electron chi connectivity index (χ0n) is 18.3. The first kappa shape index (κ1) is 22.2. The number of rotatable bonds is 8. The normalized spacial score (nSPS) is 11.2. The summed E-state index contributed by atoms with van der Waals surface area (Å²) in [6, 6.07) is 19.2. The van der Waals surface area contributed by atoms with E-state index >= 15 is 0 Å². The zero-order chi connectivity index (χ0) is 23.5. The number of nitrogens with zero attached hydrogens (tertiary/aromatic N) is 4. The summed E-state index contributed by atoms with van der Waals surface area (Å²) in [6.07, 6.45) is 0. The van der Waals surface area contributed by atoms with Gasteiger partial charge in [0.05, 0.1) is 24.9 Å². The van der Waals surface area contributed by atoms with Crippen LogP contribution in [0.5, 0.6) is 5.75 Å². The summed E-state index contributed by atoms with van der Waals surface area (Å²) in [5, 5.41) is 14.0. The molecule has 1 N–H and O–H groups in total. The van der Waals surface area contributed by atoms with Crippen LogP contribution in [0.2, 0.25) is 0 Å². The molecule has 5 rings (SSSR count). The van der Waals surface area contributed by atoms with Crippen molar-refractivity contribution >= 4 is 45.0 Å². The van der Waals surface area contributed by atoms with Gasteiger partial charge in [-0.1, -0.05) is 54.2 Å². The second kappa shape index (κ2) is 9.70. The molecule has 0 saturated heterocycles. The summed E-state index contributed by atoms with van der Waals surface area (Å²) in [4.78, 5) is 25.6. The summed E-state index contributed by atoms with van der Waals surface area (Å²) in [5.74, 6) is 1.30. The Morgan fingerprint density at radius 1 is 1.06 bits per heavy atom. The quantitative estimate of drug-likeness (QED) is 0.334. The number of amides is 1. The number of ether oxygens (including phenoxy) is 1. The molecule has 1 amide bonds. The Balaban J connectivity index is 1.36. The van der Waals surface area contributed by atoms with Gasteiger partial charge in [0.15, 0.2) is 5.16 Å². The van der Waals surface area contributed by atoms with Crippen molar-refractivity contribution in [3.63, 3.8) is 0 Å². The molecule has 0 radical (unpaired) electrons. The van der Waals surface area contributed by atoms with E-state index in [0.717, 1.165) is 22.4 Å². The van der Waals surface area contributed by atoms with Gasteiger partial charge in [-0.15, -0.1) is 21.5 Å². The average Bonchev–Trinajstić information content (AvgIpc) is 3.52. The molecule has 3 aromatic heterocycles. The van der Waals surface area contributed by atoms with Gasteiger partial charge in [0.25, 0.3) is 5.56 Å². The molecule has 8 nitrogen and oxygen atoms in total. The molecule has 34 heavy (non-hydrogen) atoms. The Labute approximate surface area is 203 Å². The molecule has 0 atom stereocenters. The lowest BCUT2D eigenvalue weighted by molar-refractivity contribution is -0.118. The van der Waals surface area contributed by atoms with Crippen molar-refractivity contribution in [3.8, 4) is 5.75 Å². The van der Waals surface area contributed by atoms with E-state index < -0.39 is 0 Å². The van der Waals surface area contributed by atoms with Gasteiger partial charge in [-0.05, 0) is 34.7 Å². The largest absolute Gasteiger partial charge is 0.497 e. The molecular formula is C24H21N5O3S2. The fourth-order valence-corrected chi connectivity index (χ4v) is 5.22. The molecule has 10 heteroatoms. The van der Waals surface area contributed by atoms with Gasteiger partial charge in [-0.2, -0.15) is 0 Å². The van der Waals surface area contributed by atoms with E-state index in [9.17, 15) is 9.59 Å². The summed E-state index contributed by atoms with van der Waals surface area (Å²) in [5.41, 5.74) is 2.64. The maximum absolute atomic E-state index is 13.2. The summed E-state index contributed by atoms with van der Waals surface area (Å²) in [7, 11) is 1.62. The molecule has 0 unspecified atom stereocenters. The van der Waals surface area contributed by atoms with Crippen molar-refractivity contribution < 1.29 is 9.53 Å². The fraction of sp³-hybridized carbons (Fsp3) is 0.167. The van der Waals surface area contributed by atoms with E-state index in [0.29, 0.717) is 28.7 Å². The number of aromatic nitrogens is 4. The second-order valence-electron chi connectivity index (χ2n) is 7.54. The first-order valence-corrected chi connectivity index (χ1v) is 12.4. The summed E-state index contributed by atoms with van der Waals surface area (Å²) < 4.78 is 9.28. The molecule has 3 heterocycles. The minimum absolute atomic E-state index is 0.0949. The van der Waals surface area contributed by atoms with E-state index in [1.165, 1.54) is 23.1 Å². The van der Waals surface area contributed by atoms with Crippen molar-refractivity contribution in [2.75, 3.05) is 12.9 Å². The van der Waals surface area contributed by atoms with E-state index in [-0.39, 0.29) is 17.2 Å². The monoisotopic (exact) mass is 491 g/mol. The van der Waals surface area contributed by atoms with Crippen LogP contribution in [0.15, 0.2) is 76.0 Å². The average molecular weight is 492 g/mol. The van der Waals surface area contributed by atoms with Gasteiger partial charge in [-0.3, -0.25) is 18.6 Å². The molecule has 0 fully saturated rings. The standard InChI is InChI=1S/C24H21N5O3S2/c1-32-18-9-7-16(8-10-18)13-25-20(30)15-34-24-27-26-23-28(14-17-5-3-2-4-6-17)22(31)21-19(29(23)24)11-12-33-21/h2-12H,13-15H2,1H3,(H,25,30). The number of thioether (sulfide) groups is 1. The van der Waals surface area contributed by atoms with Crippen molar-refractivity contribution in [1.29, 1.82) is 0 Å². The Kier molecular flexibility index (Phi) is 6.33. The second-order valence-corrected chi connectivity index (χ2v) is 9.40. The molecule has 0 bridgehead atoms. The molecule has 5 aromatic rings. The van der Waals surface area contributed by atoms with E-state index in [4.69, 9.17) is 4.74 Å². The van der Waals surface area contributed by atoms with E-state index in [1.54, 1.807) is 11.7 Å². The highest BCUT2D eigenvalue weighted by molar-refractivity contribution is 7.99. The number of hydrogen-bond acceptors (Lipinski definition) is 7. The number of thiophene rings is 1. The smallest absolute Gasteiger partial charge is 0.273 e. The maximum atomic E-state index is 13.2. The molecular weight excluding hydrogens is 470 g/mol. The van der Waals surface area contributed by atoms with Gasteiger partial charge in [0.1, 0.15) is 10.4 Å². The number of carbonyl (C=O) groups is 1. The molecule has 0 saturated carbocycles. The first-order valence-electron chi connectivity index (χ1n) is 10.6. The van der Waals surface area contributed by atoms with Gasteiger partial charge in [-0.25, -0.2) is 0 Å². The molecule has 172 valence electrons. The lowest BCUT2D eigenvalue weighted by atomic mass is 10.2. The maximum Gasteiger partial charge on any atom is 0.273 e. The Bertz CT molecular complexity index is 1510. The number of hydrogen-bond donors (Lipinski definition) is 1. The first-order chi connectivity index (χ1) is 16.6. The summed E-state index contributed by atoms with van der Waals surface area (Å²) in [6.45, 7) is 0.817. The molecule has 2 aromatic carbocycles. The third-order valence-electron chi connectivity index (χ3n) is 5.35. The van der Waals surface area contributed by atoms with E-state index in [1.807, 2.05) is 70.4 Å². The van der Waals surface area contributed by atoms with Crippen molar-refractivity contribution in [2.45, 2.75) is 18.2 Å². The van der Waals surface area contributed by atoms with Gasteiger partial charge < -0.3 is 10.1 Å². The van der Waals surface area contributed by atoms with Crippen LogP contribution in [0.1, 0.15) is 11.1 Å². The van der Waals surface area contributed by atoms with Crippen molar-refractivity contribution in [2.24, 2.45) is 0 Å². The van der Waals surface area contributed by atoms with Gasteiger partial charge in [0.2, 0.25) is 11.7 Å². The molecule has 0 aliphatic carbocycles. The highest BCUT2D eigenvalue weighted by Crippen LogP contribution is 2.24. The fourth-order valence-electron chi connectivity index (χ4n) is 3.63. The van der Waals surface area contributed by atoms with Crippen LogP contribution >= 0.6 is 23.1 Å². The highest BCUT2D eigenvalue weighted by Gasteiger charge is 2.18. The highest BCUT2D eigenvalue weighted by atomic mass is 32.2.